The van der Waals surface area contributed by atoms with Crippen molar-refractivity contribution in [1.82, 2.24) is 0 Å². The van der Waals surface area contributed by atoms with Gasteiger partial charge in [-0.25, -0.2) is 0 Å². The molecular formula is C4H11CaO4P. The molecule has 6 heteroatoms. The van der Waals surface area contributed by atoms with Crippen molar-refractivity contribution in [3.05, 3.63) is 0 Å². The van der Waals surface area contributed by atoms with E-state index < -0.39 is 13.8 Å². The van der Waals surface area contributed by atoms with Gasteiger partial charge < -0.3 is 14.8 Å². The second-order valence-corrected chi connectivity index (χ2v) is 3.48. The molecule has 0 aliphatic heterocycles. The van der Waals surface area contributed by atoms with Gasteiger partial charge in [-0.1, -0.05) is 0 Å². The van der Waals surface area contributed by atoms with Crippen LogP contribution in [0.25, 0.3) is 0 Å². The van der Waals surface area contributed by atoms with Gasteiger partial charge in [0, 0.05) is 6.16 Å². The van der Waals surface area contributed by atoms with Gasteiger partial charge in [0.2, 0.25) is 0 Å². The van der Waals surface area contributed by atoms with Crippen LogP contribution in [0, 0.1) is 0 Å². The van der Waals surface area contributed by atoms with Crippen LogP contribution in [0.5, 0.6) is 0 Å². The van der Waals surface area contributed by atoms with Crippen molar-refractivity contribution in [2.24, 2.45) is 0 Å². The average molecular weight is 194 g/mol. The number of carboxylic acid groups (broad SMARTS) is 1. The molecule has 0 heterocycles. The molecule has 1 atom stereocenters. The minimum absolute atomic E-state index is 0. The molecule has 1 unspecified atom stereocenters. The topological polar surface area (TPSA) is 74.6 Å². The number of hydrogen-bond donors (Lipinski definition) is 2. The van der Waals surface area contributed by atoms with Crippen LogP contribution in [0.1, 0.15) is 6.42 Å². The predicted octanol–water partition coefficient (Wildman–Crippen LogP) is -0.946. The summed E-state index contributed by atoms with van der Waals surface area (Å²) in [5.41, 5.74) is 0. The fourth-order valence-electron chi connectivity index (χ4n) is 0.325. The Bertz CT molecular complexity index is 126. The van der Waals surface area contributed by atoms with Crippen LogP contribution < -0.4 is 0 Å². The van der Waals surface area contributed by atoms with Crippen LogP contribution >= 0.6 is 7.80 Å². The Kier molecular flexibility index (Phi) is 10.8. The van der Waals surface area contributed by atoms with Crippen LogP contribution in [0.2, 0.25) is 0 Å². The van der Waals surface area contributed by atoms with Crippen molar-refractivity contribution in [2.75, 3.05) is 12.5 Å². The van der Waals surface area contributed by atoms with E-state index in [9.17, 15) is 9.36 Å². The number of aliphatic carboxylic acids is 1. The summed E-state index contributed by atoms with van der Waals surface area (Å²) in [7, 11) is -2.00. The van der Waals surface area contributed by atoms with E-state index in [4.69, 9.17) is 10.2 Å². The standard InChI is InChI=1S/C4H9O4P.Ca.2H/c5-3-9(8)2-1-4(6)7;;;/h5,9H,1-3H2,(H,6,7);;;. The number of hydrogen-bond acceptors (Lipinski definition) is 3. The van der Waals surface area contributed by atoms with Gasteiger partial charge in [0.05, 0.1) is 12.8 Å². The Hall–Kier alpha value is 0.920. The number of carbonyl (C=O) groups is 1. The van der Waals surface area contributed by atoms with Crippen molar-refractivity contribution in [2.45, 2.75) is 6.42 Å². The summed E-state index contributed by atoms with van der Waals surface area (Å²) >= 11 is 0. The van der Waals surface area contributed by atoms with Crippen molar-refractivity contribution in [1.29, 1.82) is 0 Å². The first-order valence-corrected chi connectivity index (χ1v) is 4.33. The molecule has 0 saturated carbocycles. The van der Waals surface area contributed by atoms with Gasteiger partial charge >= 0.3 is 43.7 Å². The zero-order chi connectivity index (χ0) is 7.28. The molecule has 0 fully saturated rings. The van der Waals surface area contributed by atoms with E-state index >= 15 is 0 Å². The third-order valence-corrected chi connectivity index (χ3v) is 1.95. The maximum atomic E-state index is 10.4. The van der Waals surface area contributed by atoms with Gasteiger partial charge in [0.15, 0.2) is 0 Å². The summed E-state index contributed by atoms with van der Waals surface area (Å²) in [5.74, 6) is -0.971. The van der Waals surface area contributed by atoms with E-state index in [1.165, 1.54) is 0 Å². The van der Waals surface area contributed by atoms with Crippen LogP contribution in [0.3, 0.4) is 0 Å². The molecule has 0 radical (unpaired) electrons. The minimum atomic E-state index is -2.00. The van der Waals surface area contributed by atoms with E-state index in [0.29, 0.717) is 0 Å². The zero-order valence-corrected chi connectivity index (χ0v) is 5.83. The predicted molar refractivity (Wildman–Crippen MR) is 41.8 cm³/mol. The molecule has 0 aliphatic rings. The van der Waals surface area contributed by atoms with Gasteiger partial charge in [-0.3, -0.25) is 4.79 Å². The van der Waals surface area contributed by atoms with Gasteiger partial charge in [0.1, 0.15) is 7.80 Å². The van der Waals surface area contributed by atoms with Crippen LogP contribution in [0.15, 0.2) is 0 Å². The molecular weight excluding hydrogens is 183 g/mol. The Morgan fingerprint density at radius 2 is 2.00 bits per heavy atom. The molecule has 2 N–H and O–H groups in total. The van der Waals surface area contributed by atoms with Crippen molar-refractivity contribution >= 4 is 51.5 Å². The van der Waals surface area contributed by atoms with Gasteiger partial charge in [0.25, 0.3) is 0 Å². The molecule has 0 spiro atoms. The average Bonchev–Trinajstić information content (AvgIpc) is 1.83. The number of aliphatic hydroxyl groups is 1. The van der Waals surface area contributed by atoms with Crippen molar-refractivity contribution < 1.29 is 19.6 Å². The Labute approximate surface area is 89.4 Å². The Morgan fingerprint density at radius 1 is 1.50 bits per heavy atom. The third kappa shape index (κ3) is 8.92. The van der Waals surface area contributed by atoms with E-state index in [-0.39, 0.29) is 56.7 Å². The monoisotopic (exact) mass is 194 g/mol. The molecule has 4 nitrogen and oxygen atoms in total. The molecule has 0 bridgehead atoms. The molecule has 0 aliphatic carbocycles. The van der Waals surface area contributed by atoms with E-state index in [1.807, 2.05) is 0 Å². The maximum absolute atomic E-state index is 10.4. The quantitative estimate of drug-likeness (QED) is 0.447. The molecule has 0 amide bonds. The van der Waals surface area contributed by atoms with Crippen molar-refractivity contribution in [3.8, 4) is 0 Å². The Morgan fingerprint density at radius 3 is 2.30 bits per heavy atom. The normalized spacial score (nSPS) is 11.7. The van der Waals surface area contributed by atoms with Crippen LogP contribution in [-0.2, 0) is 9.36 Å². The summed E-state index contributed by atoms with van der Waals surface area (Å²) in [5, 5.41) is 16.2. The summed E-state index contributed by atoms with van der Waals surface area (Å²) in [4.78, 5) is 9.82. The second kappa shape index (κ2) is 8.02. The summed E-state index contributed by atoms with van der Waals surface area (Å²) in [6, 6.07) is 0. The number of rotatable bonds is 4. The van der Waals surface area contributed by atoms with Gasteiger partial charge in [-0.05, 0) is 0 Å². The molecule has 0 rings (SSSR count). The second-order valence-electron chi connectivity index (χ2n) is 1.59. The first kappa shape index (κ1) is 13.5. The van der Waals surface area contributed by atoms with E-state index in [0.717, 1.165) is 0 Å². The SMILES string of the molecule is O=C(O)CC[PH](=O)CO.[CaH2]. The fraction of sp³-hybridized carbons (Fsp3) is 0.750. The molecule has 58 valence electrons. The molecule has 0 aromatic heterocycles. The first-order chi connectivity index (χ1) is 4.16. The summed E-state index contributed by atoms with van der Waals surface area (Å²) < 4.78 is 10.4. The van der Waals surface area contributed by atoms with Crippen LogP contribution in [-0.4, -0.2) is 66.4 Å². The number of aliphatic hydroxyl groups excluding tert-OH is 1. The number of carboxylic acids is 1. The van der Waals surface area contributed by atoms with E-state index in [2.05, 4.69) is 0 Å². The molecule has 0 saturated heterocycles. The van der Waals surface area contributed by atoms with Gasteiger partial charge in [-0.2, -0.15) is 0 Å². The van der Waals surface area contributed by atoms with Gasteiger partial charge in [-0.15, -0.1) is 0 Å². The summed E-state index contributed by atoms with van der Waals surface area (Å²) in [6.07, 6.45) is -0.382. The Balaban J connectivity index is 0. The first-order valence-electron chi connectivity index (χ1n) is 2.51. The molecule has 0 aromatic carbocycles. The fourth-order valence-corrected chi connectivity index (χ4v) is 0.976. The van der Waals surface area contributed by atoms with E-state index in [1.54, 1.807) is 0 Å². The third-order valence-electron chi connectivity index (χ3n) is 0.794. The molecule has 10 heavy (non-hydrogen) atoms. The zero-order valence-electron chi connectivity index (χ0n) is 4.83. The van der Waals surface area contributed by atoms with Crippen molar-refractivity contribution in [3.63, 3.8) is 0 Å². The summed E-state index contributed by atoms with van der Waals surface area (Å²) in [6.45, 7) is 0. The van der Waals surface area contributed by atoms with Crippen LogP contribution in [0.4, 0.5) is 0 Å². The molecule has 0 aromatic rings.